The first-order chi connectivity index (χ1) is 6.49. The minimum atomic E-state index is -0.321. The third-order valence-corrected chi connectivity index (χ3v) is 2.77. The van der Waals surface area contributed by atoms with E-state index in [4.69, 9.17) is 5.90 Å². The number of nitrogens with two attached hydrogens (primary N) is 1. The van der Waals surface area contributed by atoms with Crippen molar-refractivity contribution in [2.45, 2.75) is 19.3 Å². The lowest BCUT2D eigenvalue weighted by Gasteiger charge is -2.25. The van der Waals surface area contributed by atoms with Crippen molar-refractivity contribution >= 4 is 15.9 Å². The van der Waals surface area contributed by atoms with Crippen LogP contribution >= 0.6 is 15.9 Å². The molecule has 0 heterocycles. The first-order valence-corrected chi connectivity index (χ1v) is 5.08. The van der Waals surface area contributed by atoms with Gasteiger partial charge >= 0.3 is 0 Å². The van der Waals surface area contributed by atoms with Crippen molar-refractivity contribution in [1.82, 2.24) is 0 Å². The van der Waals surface area contributed by atoms with Gasteiger partial charge in [0.2, 0.25) is 0 Å². The second-order valence-electron chi connectivity index (χ2n) is 3.83. The minimum absolute atomic E-state index is 0.251. The fourth-order valence-electron chi connectivity index (χ4n) is 1.46. The van der Waals surface area contributed by atoms with Crippen LogP contribution in [-0.4, -0.2) is 11.7 Å². The molecule has 3 N–H and O–H groups in total. The Kier molecular flexibility index (Phi) is 3.53. The summed E-state index contributed by atoms with van der Waals surface area (Å²) >= 11 is 3.40. The van der Waals surface area contributed by atoms with Crippen molar-refractivity contribution in [3.05, 3.63) is 28.2 Å². The van der Waals surface area contributed by atoms with Crippen LogP contribution in [0.5, 0.6) is 5.75 Å². The van der Waals surface area contributed by atoms with Crippen LogP contribution in [0, 0.1) is 0 Å². The van der Waals surface area contributed by atoms with Crippen LogP contribution in [0.1, 0.15) is 19.4 Å². The molecule has 4 heteroatoms. The maximum Gasteiger partial charge on any atom is 0.120 e. The summed E-state index contributed by atoms with van der Waals surface area (Å²) in [6.45, 7) is 4.27. The predicted octanol–water partition coefficient (Wildman–Crippen LogP) is 2.32. The van der Waals surface area contributed by atoms with E-state index >= 15 is 0 Å². The fraction of sp³-hybridized carbons (Fsp3) is 0.400. The Bertz CT molecular complexity index is 306. The molecule has 1 aromatic rings. The smallest absolute Gasteiger partial charge is 0.120 e. The van der Waals surface area contributed by atoms with Gasteiger partial charge in [0.25, 0.3) is 0 Å². The highest BCUT2D eigenvalue weighted by Gasteiger charge is 2.26. The third-order valence-electron chi connectivity index (χ3n) is 2.11. The van der Waals surface area contributed by atoms with Gasteiger partial charge in [-0.05, 0) is 12.1 Å². The van der Waals surface area contributed by atoms with Gasteiger partial charge in [-0.1, -0.05) is 35.8 Å². The van der Waals surface area contributed by atoms with E-state index in [2.05, 4.69) is 20.8 Å². The molecule has 0 aliphatic carbocycles. The minimum Gasteiger partial charge on any atom is -0.508 e. The SMILES string of the molecule is CC(C)(CON)c1c(O)cccc1Br. The van der Waals surface area contributed by atoms with Crippen molar-refractivity contribution in [1.29, 1.82) is 0 Å². The molecule has 14 heavy (non-hydrogen) atoms. The molecule has 0 radical (unpaired) electrons. The molecule has 0 saturated heterocycles. The highest BCUT2D eigenvalue weighted by molar-refractivity contribution is 9.10. The summed E-state index contributed by atoms with van der Waals surface area (Å²) in [5.41, 5.74) is 0.490. The summed E-state index contributed by atoms with van der Waals surface area (Å²) < 4.78 is 0.861. The summed E-state index contributed by atoms with van der Waals surface area (Å²) in [6, 6.07) is 5.31. The van der Waals surface area contributed by atoms with Gasteiger partial charge in [-0.15, -0.1) is 0 Å². The number of halogens is 1. The van der Waals surface area contributed by atoms with Gasteiger partial charge in [0, 0.05) is 15.5 Å². The zero-order valence-corrected chi connectivity index (χ0v) is 9.84. The molecular formula is C10H14BrNO2. The Labute approximate surface area is 92.0 Å². The maximum atomic E-state index is 9.73. The Hall–Kier alpha value is -0.580. The standard InChI is InChI=1S/C10H14BrNO2/c1-10(2,6-14-12)9-7(11)4-3-5-8(9)13/h3-5,13H,6,12H2,1-2H3. The highest BCUT2D eigenvalue weighted by atomic mass is 79.9. The second kappa shape index (κ2) is 4.29. The summed E-state index contributed by atoms with van der Waals surface area (Å²) in [7, 11) is 0. The van der Waals surface area contributed by atoms with Crippen LogP contribution in [0.2, 0.25) is 0 Å². The van der Waals surface area contributed by atoms with Gasteiger partial charge in [-0.3, -0.25) is 0 Å². The average Bonchev–Trinajstić information content (AvgIpc) is 2.02. The largest absolute Gasteiger partial charge is 0.508 e. The molecule has 0 saturated carbocycles. The summed E-state index contributed by atoms with van der Waals surface area (Å²) in [5.74, 6) is 5.31. The van der Waals surface area contributed by atoms with E-state index in [0.717, 1.165) is 10.0 Å². The van der Waals surface area contributed by atoms with E-state index in [1.165, 1.54) is 0 Å². The first kappa shape index (κ1) is 11.5. The summed E-state index contributed by atoms with van der Waals surface area (Å²) in [6.07, 6.45) is 0. The zero-order valence-electron chi connectivity index (χ0n) is 8.25. The molecule has 0 aliphatic rings. The monoisotopic (exact) mass is 259 g/mol. The number of rotatable bonds is 3. The topological polar surface area (TPSA) is 55.5 Å². The highest BCUT2D eigenvalue weighted by Crippen LogP contribution is 2.36. The maximum absolute atomic E-state index is 9.73. The lowest BCUT2D eigenvalue weighted by atomic mass is 9.85. The summed E-state index contributed by atoms with van der Waals surface area (Å²) in [5, 5.41) is 9.73. The summed E-state index contributed by atoms with van der Waals surface area (Å²) in [4.78, 5) is 4.64. The average molecular weight is 260 g/mol. The lowest BCUT2D eigenvalue weighted by molar-refractivity contribution is 0.0952. The van der Waals surface area contributed by atoms with Gasteiger partial charge in [0.1, 0.15) is 5.75 Å². The number of phenols is 1. The van der Waals surface area contributed by atoms with Gasteiger partial charge in [0.15, 0.2) is 0 Å². The molecule has 0 atom stereocenters. The van der Waals surface area contributed by atoms with Crippen LogP contribution < -0.4 is 5.90 Å². The normalized spacial score (nSPS) is 11.7. The zero-order chi connectivity index (χ0) is 10.8. The van der Waals surface area contributed by atoms with Crippen LogP contribution in [0.15, 0.2) is 22.7 Å². The van der Waals surface area contributed by atoms with E-state index in [9.17, 15) is 5.11 Å². The number of hydrogen-bond acceptors (Lipinski definition) is 3. The van der Waals surface area contributed by atoms with Crippen molar-refractivity contribution < 1.29 is 9.94 Å². The Morgan fingerprint density at radius 2 is 2.14 bits per heavy atom. The number of hydrogen-bond donors (Lipinski definition) is 2. The lowest BCUT2D eigenvalue weighted by Crippen LogP contribution is -2.26. The molecule has 0 bridgehead atoms. The van der Waals surface area contributed by atoms with Crippen LogP contribution in [0.3, 0.4) is 0 Å². The first-order valence-electron chi connectivity index (χ1n) is 4.28. The molecule has 3 nitrogen and oxygen atoms in total. The van der Waals surface area contributed by atoms with E-state index in [0.29, 0.717) is 6.61 Å². The number of aromatic hydroxyl groups is 1. The Balaban J connectivity index is 3.17. The van der Waals surface area contributed by atoms with Crippen LogP contribution in [-0.2, 0) is 10.3 Å². The second-order valence-corrected chi connectivity index (χ2v) is 4.68. The molecule has 0 amide bonds. The van der Waals surface area contributed by atoms with Crippen LogP contribution in [0.4, 0.5) is 0 Å². The number of phenolic OH excluding ortho intramolecular Hbond substituents is 1. The quantitative estimate of drug-likeness (QED) is 0.820. The molecule has 1 rings (SSSR count). The molecule has 1 aromatic carbocycles. The van der Waals surface area contributed by atoms with E-state index < -0.39 is 0 Å². The van der Waals surface area contributed by atoms with Crippen molar-refractivity contribution in [3.63, 3.8) is 0 Å². The molecular weight excluding hydrogens is 246 g/mol. The molecule has 0 fully saturated rings. The Morgan fingerprint density at radius 1 is 1.50 bits per heavy atom. The molecule has 0 spiro atoms. The van der Waals surface area contributed by atoms with E-state index in [-0.39, 0.29) is 11.2 Å². The van der Waals surface area contributed by atoms with Gasteiger partial charge in [-0.2, -0.15) is 0 Å². The molecule has 0 aliphatic heterocycles. The molecule has 78 valence electrons. The van der Waals surface area contributed by atoms with Gasteiger partial charge in [0.05, 0.1) is 6.61 Å². The molecule has 0 aromatic heterocycles. The van der Waals surface area contributed by atoms with Crippen LogP contribution in [0.25, 0.3) is 0 Å². The van der Waals surface area contributed by atoms with Gasteiger partial charge in [-0.25, -0.2) is 5.90 Å². The van der Waals surface area contributed by atoms with Crippen molar-refractivity contribution in [2.75, 3.05) is 6.61 Å². The molecule has 0 unspecified atom stereocenters. The fourth-order valence-corrected chi connectivity index (χ4v) is 2.36. The van der Waals surface area contributed by atoms with Crippen molar-refractivity contribution in [3.8, 4) is 5.75 Å². The van der Waals surface area contributed by atoms with E-state index in [1.807, 2.05) is 19.9 Å². The third kappa shape index (κ3) is 2.26. The number of benzene rings is 1. The van der Waals surface area contributed by atoms with Crippen molar-refractivity contribution in [2.24, 2.45) is 5.90 Å². The Morgan fingerprint density at radius 3 is 2.64 bits per heavy atom. The van der Waals surface area contributed by atoms with E-state index in [1.54, 1.807) is 12.1 Å². The van der Waals surface area contributed by atoms with Gasteiger partial charge < -0.3 is 9.94 Å². The predicted molar refractivity (Wildman–Crippen MR) is 59.0 cm³/mol.